The molecule has 0 aliphatic carbocycles. The molecule has 0 spiro atoms. The van der Waals surface area contributed by atoms with Crippen molar-refractivity contribution < 1.29 is 13.2 Å². The normalized spacial score (nSPS) is 20.1. The van der Waals surface area contributed by atoms with E-state index in [2.05, 4.69) is 15.6 Å². The smallest absolute Gasteiger partial charge is 0.367 e. The lowest BCUT2D eigenvalue weighted by molar-refractivity contribution is -0.137. The predicted octanol–water partition coefficient (Wildman–Crippen LogP) is 2.92. The second-order valence-corrected chi connectivity index (χ2v) is 4.63. The molecular formula is C11H13ClF3N3. The molecule has 1 aromatic rings. The molecule has 2 rings (SSSR count). The third kappa shape index (κ3) is 3.26. The first-order valence-electron chi connectivity index (χ1n) is 5.67. The number of halogens is 4. The van der Waals surface area contributed by atoms with Crippen LogP contribution in [0.15, 0.2) is 12.3 Å². The van der Waals surface area contributed by atoms with E-state index in [4.69, 9.17) is 11.6 Å². The molecule has 7 heteroatoms. The minimum Gasteiger partial charge on any atom is -0.367 e. The van der Waals surface area contributed by atoms with Gasteiger partial charge in [0.2, 0.25) is 0 Å². The van der Waals surface area contributed by atoms with E-state index in [0.29, 0.717) is 18.4 Å². The van der Waals surface area contributed by atoms with Crippen LogP contribution in [0.4, 0.5) is 19.0 Å². The number of nitrogens with zero attached hydrogens (tertiary/aromatic N) is 1. The number of aromatic nitrogens is 1. The summed E-state index contributed by atoms with van der Waals surface area (Å²) in [7, 11) is 0. The van der Waals surface area contributed by atoms with Gasteiger partial charge < -0.3 is 10.6 Å². The minimum absolute atomic E-state index is 0.0113. The molecule has 1 saturated heterocycles. The second-order valence-electron chi connectivity index (χ2n) is 4.23. The summed E-state index contributed by atoms with van der Waals surface area (Å²) in [5, 5.41) is 6.22. The van der Waals surface area contributed by atoms with E-state index in [0.717, 1.165) is 31.6 Å². The Hall–Kier alpha value is -1.01. The molecular weight excluding hydrogens is 267 g/mol. The molecule has 0 saturated carbocycles. The largest absolute Gasteiger partial charge is 0.417 e. The number of rotatable bonds is 3. The highest BCUT2D eigenvalue weighted by Crippen LogP contribution is 2.32. The van der Waals surface area contributed by atoms with Crippen LogP contribution >= 0.6 is 11.6 Å². The van der Waals surface area contributed by atoms with Gasteiger partial charge in [-0.2, -0.15) is 13.2 Å². The zero-order chi connectivity index (χ0) is 13.2. The van der Waals surface area contributed by atoms with Gasteiger partial charge in [-0.05, 0) is 25.5 Å². The van der Waals surface area contributed by atoms with Gasteiger partial charge in [0.15, 0.2) is 0 Å². The molecule has 100 valence electrons. The third-order valence-electron chi connectivity index (χ3n) is 2.85. The zero-order valence-electron chi connectivity index (χ0n) is 9.52. The van der Waals surface area contributed by atoms with Crippen LogP contribution in [-0.4, -0.2) is 24.1 Å². The van der Waals surface area contributed by atoms with E-state index in [1.807, 2.05) is 0 Å². The summed E-state index contributed by atoms with van der Waals surface area (Å²) in [6.45, 7) is 1.58. The Morgan fingerprint density at radius 3 is 2.83 bits per heavy atom. The van der Waals surface area contributed by atoms with Crippen molar-refractivity contribution in [1.82, 2.24) is 10.3 Å². The van der Waals surface area contributed by atoms with Crippen LogP contribution in [0.1, 0.15) is 18.4 Å². The Kier molecular flexibility index (Phi) is 3.97. The first kappa shape index (κ1) is 13.4. The first-order valence-corrected chi connectivity index (χ1v) is 6.04. The molecule has 1 aromatic heterocycles. The van der Waals surface area contributed by atoms with Crippen LogP contribution < -0.4 is 10.6 Å². The lowest BCUT2D eigenvalue weighted by Gasteiger charge is -2.14. The fourth-order valence-electron chi connectivity index (χ4n) is 1.87. The zero-order valence-corrected chi connectivity index (χ0v) is 10.3. The summed E-state index contributed by atoms with van der Waals surface area (Å²) in [6, 6.07) is 1.21. The molecule has 2 N–H and O–H groups in total. The average molecular weight is 280 g/mol. The molecule has 0 amide bonds. The molecule has 1 atom stereocenters. The van der Waals surface area contributed by atoms with Crippen molar-refractivity contribution in [2.45, 2.75) is 25.1 Å². The maximum absolute atomic E-state index is 12.4. The van der Waals surface area contributed by atoms with Crippen LogP contribution in [0.5, 0.6) is 0 Å². The topological polar surface area (TPSA) is 37.0 Å². The predicted molar refractivity (Wildman–Crippen MR) is 63.8 cm³/mol. The minimum atomic E-state index is -4.41. The Balaban J connectivity index is 2.01. The maximum atomic E-state index is 12.4. The Morgan fingerprint density at radius 2 is 2.28 bits per heavy atom. The fraction of sp³-hybridized carbons (Fsp3) is 0.545. The summed E-state index contributed by atoms with van der Waals surface area (Å²) in [4.78, 5) is 3.71. The van der Waals surface area contributed by atoms with Gasteiger partial charge in [-0.1, -0.05) is 11.6 Å². The molecule has 0 aromatic carbocycles. The van der Waals surface area contributed by atoms with Crippen molar-refractivity contribution in [3.8, 4) is 0 Å². The van der Waals surface area contributed by atoms with Crippen LogP contribution in [-0.2, 0) is 6.18 Å². The van der Waals surface area contributed by atoms with E-state index in [1.165, 1.54) is 0 Å². The number of nitrogens with one attached hydrogen (secondary N) is 2. The molecule has 3 nitrogen and oxygen atoms in total. The van der Waals surface area contributed by atoms with Crippen molar-refractivity contribution >= 4 is 17.4 Å². The third-order valence-corrected chi connectivity index (χ3v) is 3.13. The van der Waals surface area contributed by atoms with Crippen LogP contribution in [0.2, 0.25) is 5.02 Å². The number of pyridine rings is 1. The van der Waals surface area contributed by atoms with Crippen LogP contribution in [0.3, 0.4) is 0 Å². The van der Waals surface area contributed by atoms with E-state index < -0.39 is 11.7 Å². The summed E-state index contributed by atoms with van der Waals surface area (Å²) in [5.41, 5.74) is -0.836. The van der Waals surface area contributed by atoms with Crippen LogP contribution in [0.25, 0.3) is 0 Å². The van der Waals surface area contributed by atoms with Gasteiger partial charge in [0.25, 0.3) is 0 Å². The molecule has 2 heterocycles. The van der Waals surface area contributed by atoms with Crippen molar-refractivity contribution in [2.24, 2.45) is 0 Å². The van der Waals surface area contributed by atoms with Gasteiger partial charge in [-0.15, -0.1) is 0 Å². The molecule has 1 aliphatic rings. The highest BCUT2D eigenvalue weighted by atomic mass is 35.5. The first-order chi connectivity index (χ1) is 8.47. The summed E-state index contributed by atoms with van der Waals surface area (Å²) in [6.07, 6.45) is -1.47. The molecule has 0 radical (unpaired) electrons. The molecule has 18 heavy (non-hydrogen) atoms. The Bertz CT molecular complexity index is 416. The Labute approximate surface area is 108 Å². The fourth-order valence-corrected chi connectivity index (χ4v) is 2.11. The van der Waals surface area contributed by atoms with E-state index in [1.54, 1.807) is 0 Å². The van der Waals surface area contributed by atoms with E-state index >= 15 is 0 Å². The number of hydrogen-bond acceptors (Lipinski definition) is 3. The van der Waals surface area contributed by atoms with Gasteiger partial charge in [0, 0.05) is 18.8 Å². The molecule has 0 unspecified atom stereocenters. The number of hydrogen-bond donors (Lipinski definition) is 2. The molecule has 0 bridgehead atoms. The monoisotopic (exact) mass is 279 g/mol. The SMILES string of the molecule is FC(F)(F)c1cnc(NC[C@@H]2CCCN2)c(Cl)c1. The quantitative estimate of drug-likeness (QED) is 0.893. The Morgan fingerprint density at radius 1 is 1.50 bits per heavy atom. The van der Waals surface area contributed by atoms with Gasteiger partial charge in [0.1, 0.15) is 5.82 Å². The van der Waals surface area contributed by atoms with Gasteiger partial charge in [-0.3, -0.25) is 0 Å². The number of anilines is 1. The van der Waals surface area contributed by atoms with E-state index in [9.17, 15) is 13.2 Å². The van der Waals surface area contributed by atoms with Crippen molar-refractivity contribution in [2.75, 3.05) is 18.4 Å². The summed E-state index contributed by atoms with van der Waals surface area (Å²) >= 11 is 5.78. The summed E-state index contributed by atoms with van der Waals surface area (Å²) < 4.78 is 37.2. The standard InChI is InChI=1S/C11H13ClF3N3/c12-9-4-7(11(13,14)15)5-17-10(9)18-6-8-2-1-3-16-8/h4-5,8,16H,1-3,6H2,(H,17,18)/t8-/m0/s1. The van der Waals surface area contributed by atoms with Crippen molar-refractivity contribution in [3.05, 3.63) is 22.8 Å². The molecule has 1 aliphatic heterocycles. The van der Waals surface area contributed by atoms with E-state index in [-0.39, 0.29) is 5.02 Å². The second kappa shape index (κ2) is 5.32. The number of alkyl halides is 3. The lowest BCUT2D eigenvalue weighted by atomic mass is 10.2. The van der Waals surface area contributed by atoms with Crippen molar-refractivity contribution in [3.63, 3.8) is 0 Å². The molecule has 1 fully saturated rings. The van der Waals surface area contributed by atoms with Gasteiger partial charge in [0.05, 0.1) is 10.6 Å². The van der Waals surface area contributed by atoms with Gasteiger partial charge in [-0.25, -0.2) is 4.98 Å². The van der Waals surface area contributed by atoms with Crippen molar-refractivity contribution in [1.29, 1.82) is 0 Å². The van der Waals surface area contributed by atoms with Crippen LogP contribution in [0, 0.1) is 0 Å². The average Bonchev–Trinajstić information content (AvgIpc) is 2.79. The highest BCUT2D eigenvalue weighted by molar-refractivity contribution is 6.32. The van der Waals surface area contributed by atoms with Gasteiger partial charge >= 0.3 is 6.18 Å². The maximum Gasteiger partial charge on any atom is 0.417 e. The summed E-state index contributed by atoms with van der Waals surface area (Å²) in [5.74, 6) is 0.290. The highest BCUT2D eigenvalue weighted by Gasteiger charge is 2.31. The lowest BCUT2D eigenvalue weighted by Crippen LogP contribution is -2.29.